The molecule has 0 amide bonds. The Morgan fingerprint density at radius 3 is 2.56 bits per heavy atom. The first-order valence-electron chi connectivity index (χ1n) is 4.95. The van der Waals surface area contributed by atoms with Gasteiger partial charge in [0, 0.05) is 11.9 Å². The summed E-state index contributed by atoms with van der Waals surface area (Å²) in [4.78, 5) is 14.1. The van der Waals surface area contributed by atoms with Crippen LogP contribution in [0.1, 0.15) is 11.3 Å². The zero-order valence-electron chi connectivity index (χ0n) is 8.90. The molecular formula is C12H11N3O. The fourth-order valence-electron chi connectivity index (χ4n) is 1.63. The van der Waals surface area contributed by atoms with Gasteiger partial charge in [-0.15, -0.1) is 0 Å². The zero-order chi connectivity index (χ0) is 11.5. The third-order valence-electron chi connectivity index (χ3n) is 2.44. The number of imidazole rings is 1. The van der Waals surface area contributed by atoms with Gasteiger partial charge in [0.2, 0.25) is 0 Å². The molecule has 0 atom stereocenters. The summed E-state index contributed by atoms with van der Waals surface area (Å²) in [6.07, 6.45) is 2.06. The largest absolute Gasteiger partial charge is 0.330 e. The summed E-state index contributed by atoms with van der Waals surface area (Å²) in [6, 6.07) is 9.49. The van der Waals surface area contributed by atoms with Gasteiger partial charge < -0.3 is 4.98 Å². The van der Waals surface area contributed by atoms with E-state index in [4.69, 9.17) is 5.26 Å². The average Bonchev–Trinajstić information content (AvgIpc) is 2.61. The number of hydrogen-bond acceptors (Lipinski definition) is 2. The molecular weight excluding hydrogens is 202 g/mol. The Bertz CT molecular complexity index is 584. The van der Waals surface area contributed by atoms with E-state index in [0.29, 0.717) is 6.42 Å². The third kappa shape index (κ3) is 1.75. The Morgan fingerprint density at radius 1 is 1.38 bits per heavy atom. The van der Waals surface area contributed by atoms with E-state index in [1.165, 1.54) is 0 Å². The minimum atomic E-state index is -0.148. The molecule has 0 unspecified atom stereocenters. The van der Waals surface area contributed by atoms with Crippen LogP contribution < -0.4 is 5.69 Å². The molecule has 0 bridgehead atoms. The van der Waals surface area contributed by atoms with Crippen LogP contribution in [0.2, 0.25) is 0 Å². The maximum Gasteiger partial charge on any atom is 0.330 e. The fourth-order valence-corrected chi connectivity index (χ4v) is 1.63. The second-order valence-corrected chi connectivity index (χ2v) is 3.57. The second-order valence-electron chi connectivity index (χ2n) is 3.57. The Hall–Kier alpha value is -2.28. The Kier molecular flexibility index (Phi) is 2.61. The van der Waals surface area contributed by atoms with Gasteiger partial charge in [-0.25, -0.2) is 4.79 Å². The molecule has 0 saturated heterocycles. The summed E-state index contributed by atoms with van der Waals surface area (Å²) in [5.74, 6) is 0. The molecule has 16 heavy (non-hydrogen) atoms. The van der Waals surface area contributed by atoms with E-state index >= 15 is 0 Å². The van der Waals surface area contributed by atoms with Crippen molar-refractivity contribution >= 4 is 0 Å². The SMILES string of the molecule is Cc1c[nH]c(=O)n1-c1ccc(CC#N)cc1. The van der Waals surface area contributed by atoms with Gasteiger partial charge in [-0.3, -0.25) is 4.57 Å². The van der Waals surface area contributed by atoms with Gasteiger partial charge >= 0.3 is 5.69 Å². The van der Waals surface area contributed by atoms with Gasteiger partial charge in [-0.05, 0) is 24.6 Å². The smallest absolute Gasteiger partial charge is 0.312 e. The lowest BCUT2D eigenvalue weighted by Crippen LogP contribution is -2.15. The van der Waals surface area contributed by atoms with Crippen molar-refractivity contribution in [3.05, 3.63) is 52.2 Å². The molecule has 2 rings (SSSR count). The average molecular weight is 213 g/mol. The minimum absolute atomic E-state index is 0.148. The van der Waals surface area contributed by atoms with Crippen LogP contribution in [0, 0.1) is 18.3 Å². The molecule has 1 aromatic heterocycles. The van der Waals surface area contributed by atoms with E-state index in [0.717, 1.165) is 16.9 Å². The summed E-state index contributed by atoms with van der Waals surface area (Å²) in [5.41, 5.74) is 2.47. The summed E-state index contributed by atoms with van der Waals surface area (Å²) >= 11 is 0. The maximum atomic E-state index is 11.5. The number of aromatic amines is 1. The molecule has 0 saturated carbocycles. The van der Waals surface area contributed by atoms with Gasteiger partial charge in [-0.1, -0.05) is 12.1 Å². The number of aromatic nitrogens is 2. The molecule has 0 spiro atoms. The quantitative estimate of drug-likeness (QED) is 0.822. The van der Waals surface area contributed by atoms with Crippen molar-refractivity contribution in [1.29, 1.82) is 5.26 Å². The fraction of sp³-hybridized carbons (Fsp3) is 0.167. The monoisotopic (exact) mass is 213 g/mol. The van der Waals surface area contributed by atoms with Gasteiger partial charge in [-0.2, -0.15) is 5.26 Å². The van der Waals surface area contributed by atoms with Crippen LogP contribution in [0.25, 0.3) is 5.69 Å². The molecule has 1 aromatic carbocycles. The van der Waals surface area contributed by atoms with Crippen LogP contribution >= 0.6 is 0 Å². The van der Waals surface area contributed by atoms with Crippen LogP contribution in [0.3, 0.4) is 0 Å². The lowest BCUT2D eigenvalue weighted by atomic mass is 10.1. The Balaban J connectivity index is 2.43. The molecule has 1 N–H and O–H groups in total. The Morgan fingerprint density at radius 2 is 2.06 bits per heavy atom. The Labute approximate surface area is 92.8 Å². The maximum absolute atomic E-state index is 11.5. The molecule has 4 nitrogen and oxygen atoms in total. The molecule has 4 heteroatoms. The van der Waals surface area contributed by atoms with Crippen molar-refractivity contribution in [3.63, 3.8) is 0 Å². The number of nitrogens with one attached hydrogen (secondary N) is 1. The molecule has 2 aromatic rings. The number of nitrogens with zero attached hydrogens (tertiary/aromatic N) is 2. The van der Waals surface area contributed by atoms with Gasteiger partial charge in [0.25, 0.3) is 0 Å². The lowest BCUT2D eigenvalue weighted by Gasteiger charge is -2.04. The summed E-state index contributed by atoms with van der Waals surface area (Å²) in [7, 11) is 0. The third-order valence-corrected chi connectivity index (χ3v) is 2.44. The zero-order valence-corrected chi connectivity index (χ0v) is 8.90. The highest BCUT2D eigenvalue weighted by atomic mass is 16.1. The normalized spacial score (nSPS) is 10.0. The topological polar surface area (TPSA) is 61.6 Å². The summed E-state index contributed by atoms with van der Waals surface area (Å²) < 4.78 is 1.59. The van der Waals surface area contributed by atoms with Crippen LogP contribution in [-0.4, -0.2) is 9.55 Å². The van der Waals surface area contributed by atoms with E-state index in [1.807, 2.05) is 31.2 Å². The summed E-state index contributed by atoms with van der Waals surface area (Å²) in [5, 5.41) is 8.55. The van der Waals surface area contributed by atoms with Crippen molar-refractivity contribution in [1.82, 2.24) is 9.55 Å². The first kappa shape index (κ1) is 10.2. The first-order chi connectivity index (χ1) is 7.72. The molecule has 80 valence electrons. The lowest BCUT2D eigenvalue weighted by molar-refractivity contribution is 0.948. The van der Waals surface area contributed by atoms with Crippen molar-refractivity contribution in [2.45, 2.75) is 13.3 Å². The highest BCUT2D eigenvalue weighted by Gasteiger charge is 2.04. The molecule has 0 radical (unpaired) electrons. The van der Waals surface area contributed by atoms with Gasteiger partial charge in [0.15, 0.2) is 0 Å². The van der Waals surface area contributed by atoms with Crippen LogP contribution in [0.4, 0.5) is 0 Å². The van der Waals surface area contributed by atoms with Crippen molar-refractivity contribution in [2.24, 2.45) is 0 Å². The predicted octanol–water partition coefficient (Wildman–Crippen LogP) is 1.54. The first-order valence-corrected chi connectivity index (χ1v) is 4.95. The number of hydrogen-bond donors (Lipinski definition) is 1. The van der Waals surface area contributed by atoms with Crippen LogP contribution in [-0.2, 0) is 6.42 Å². The highest BCUT2D eigenvalue weighted by molar-refractivity contribution is 5.36. The molecule has 0 aliphatic rings. The number of benzene rings is 1. The van der Waals surface area contributed by atoms with E-state index in [9.17, 15) is 4.79 Å². The summed E-state index contributed by atoms with van der Waals surface area (Å²) in [6.45, 7) is 1.86. The predicted molar refractivity (Wildman–Crippen MR) is 60.4 cm³/mol. The standard InChI is InChI=1S/C12H11N3O/c1-9-8-14-12(16)15(9)11-4-2-10(3-5-11)6-7-13/h2-5,8H,6H2,1H3,(H,14,16). The van der Waals surface area contributed by atoms with Gasteiger partial charge in [0.1, 0.15) is 0 Å². The molecule has 0 fully saturated rings. The van der Waals surface area contributed by atoms with Crippen LogP contribution in [0.5, 0.6) is 0 Å². The van der Waals surface area contributed by atoms with E-state index in [2.05, 4.69) is 11.1 Å². The van der Waals surface area contributed by atoms with Crippen molar-refractivity contribution < 1.29 is 0 Å². The van der Waals surface area contributed by atoms with E-state index in [-0.39, 0.29) is 5.69 Å². The second kappa shape index (κ2) is 4.07. The van der Waals surface area contributed by atoms with Gasteiger partial charge in [0.05, 0.1) is 18.2 Å². The van der Waals surface area contributed by atoms with Crippen molar-refractivity contribution in [3.8, 4) is 11.8 Å². The molecule has 0 aliphatic heterocycles. The number of H-pyrrole nitrogens is 1. The van der Waals surface area contributed by atoms with E-state index in [1.54, 1.807) is 10.8 Å². The number of aryl methyl sites for hydroxylation is 1. The van der Waals surface area contributed by atoms with E-state index < -0.39 is 0 Å². The highest BCUT2D eigenvalue weighted by Crippen LogP contribution is 2.10. The van der Waals surface area contributed by atoms with Crippen LogP contribution in [0.15, 0.2) is 35.3 Å². The molecule has 1 heterocycles. The number of rotatable bonds is 2. The minimum Gasteiger partial charge on any atom is -0.312 e. The molecule has 0 aliphatic carbocycles. The number of nitriles is 1. The van der Waals surface area contributed by atoms with Crippen molar-refractivity contribution in [2.75, 3.05) is 0 Å².